The molecule has 0 bridgehead atoms. The second-order valence-electron chi connectivity index (χ2n) is 6.22. The van der Waals surface area contributed by atoms with Crippen LogP contribution in [-0.4, -0.2) is 23.3 Å². The van der Waals surface area contributed by atoms with Crippen LogP contribution in [0, 0.1) is 11.8 Å². The first-order valence-corrected chi connectivity index (χ1v) is 7.08. The zero-order valence-corrected chi connectivity index (χ0v) is 10.8. The number of hydrogen-bond donors (Lipinski definition) is 2. The average Bonchev–Trinajstić information content (AvgIpc) is 2.25. The minimum Gasteiger partial charge on any atom is -0.388 e. The Kier molecular flexibility index (Phi) is 3.91. The molecule has 0 aromatic heterocycles. The molecule has 2 heteroatoms. The lowest BCUT2D eigenvalue weighted by Crippen LogP contribution is -2.59. The number of rotatable bonds is 3. The Morgan fingerprint density at radius 1 is 1.19 bits per heavy atom. The first kappa shape index (κ1) is 12.4. The summed E-state index contributed by atoms with van der Waals surface area (Å²) in [6.45, 7) is 5.51. The molecule has 2 aliphatic carbocycles. The van der Waals surface area contributed by atoms with Crippen LogP contribution in [0.3, 0.4) is 0 Å². The largest absolute Gasteiger partial charge is 0.388 e. The molecule has 2 fully saturated rings. The molecule has 0 saturated heterocycles. The van der Waals surface area contributed by atoms with Gasteiger partial charge in [0.2, 0.25) is 0 Å². The van der Waals surface area contributed by atoms with Crippen molar-refractivity contribution in [2.75, 3.05) is 6.54 Å². The Bertz CT molecular complexity index is 227. The molecular formula is C14H27NO. The van der Waals surface area contributed by atoms with E-state index in [-0.39, 0.29) is 5.60 Å². The van der Waals surface area contributed by atoms with Crippen LogP contribution in [-0.2, 0) is 0 Å². The fourth-order valence-electron chi connectivity index (χ4n) is 3.58. The average molecular weight is 225 g/mol. The van der Waals surface area contributed by atoms with Crippen molar-refractivity contribution < 1.29 is 5.11 Å². The molecule has 0 radical (unpaired) electrons. The Balaban J connectivity index is 1.99. The number of nitrogens with one attached hydrogen (secondary N) is 1. The molecular weight excluding hydrogens is 198 g/mol. The van der Waals surface area contributed by atoms with Crippen LogP contribution in [0.5, 0.6) is 0 Å². The zero-order chi connectivity index (χ0) is 11.6. The molecule has 94 valence electrons. The van der Waals surface area contributed by atoms with Crippen molar-refractivity contribution in [1.29, 1.82) is 0 Å². The van der Waals surface area contributed by atoms with E-state index in [0.29, 0.717) is 17.9 Å². The fraction of sp³-hybridized carbons (Fsp3) is 1.00. The summed E-state index contributed by atoms with van der Waals surface area (Å²) in [6, 6.07) is 0.356. The van der Waals surface area contributed by atoms with E-state index in [1.54, 1.807) is 0 Å². The number of aliphatic hydroxyl groups is 1. The minimum absolute atomic E-state index is 0.356. The molecule has 0 aliphatic heterocycles. The third-order valence-electron chi connectivity index (χ3n) is 4.51. The Hall–Kier alpha value is -0.0800. The first-order chi connectivity index (χ1) is 7.63. The van der Waals surface area contributed by atoms with Gasteiger partial charge in [0, 0.05) is 6.04 Å². The van der Waals surface area contributed by atoms with Gasteiger partial charge in [-0.3, -0.25) is 0 Å². The normalized spacial score (nSPS) is 39.8. The van der Waals surface area contributed by atoms with Crippen molar-refractivity contribution in [2.45, 2.75) is 70.4 Å². The van der Waals surface area contributed by atoms with E-state index >= 15 is 0 Å². The molecule has 0 unspecified atom stereocenters. The van der Waals surface area contributed by atoms with Crippen LogP contribution in [0.2, 0.25) is 0 Å². The van der Waals surface area contributed by atoms with Gasteiger partial charge in [-0.25, -0.2) is 0 Å². The van der Waals surface area contributed by atoms with Gasteiger partial charge in [-0.2, -0.15) is 0 Å². The SMILES string of the molecule is CC(C)CN[C@@H]1CCC[C@H]2CCCC[C@@]21O. The highest BCUT2D eigenvalue weighted by Crippen LogP contribution is 2.43. The summed E-state index contributed by atoms with van der Waals surface area (Å²) in [5.74, 6) is 1.24. The first-order valence-electron chi connectivity index (χ1n) is 7.08. The lowest BCUT2D eigenvalue weighted by Gasteiger charge is -2.49. The smallest absolute Gasteiger partial charge is 0.0827 e. The molecule has 3 atom stereocenters. The topological polar surface area (TPSA) is 32.3 Å². The van der Waals surface area contributed by atoms with Crippen LogP contribution < -0.4 is 5.32 Å². The van der Waals surface area contributed by atoms with E-state index in [4.69, 9.17) is 0 Å². The summed E-state index contributed by atoms with van der Waals surface area (Å²) < 4.78 is 0. The van der Waals surface area contributed by atoms with E-state index < -0.39 is 0 Å². The monoisotopic (exact) mass is 225 g/mol. The maximum atomic E-state index is 10.9. The van der Waals surface area contributed by atoms with E-state index in [2.05, 4.69) is 19.2 Å². The molecule has 2 rings (SSSR count). The maximum absolute atomic E-state index is 10.9. The molecule has 0 spiro atoms. The summed E-state index contributed by atoms with van der Waals surface area (Å²) in [4.78, 5) is 0. The predicted molar refractivity (Wildman–Crippen MR) is 67.4 cm³/mol. The van der Waals surface area contributed by atoms with Crippen LogP contribution in [0.25, 0.3) is 0 Å². The molecule has 16 heavy (non-hydrogen) atoms. The standard InChI is InChI=1S/C14H27NO/c1-11(2)10-15-13-8-5-7-12-6-3-4-9-14(12,13)16/h11-13,15-16H,3-10H2,1-2H3/t12-,13-,14-/m1/s1. The van der Waals surface area contributed by atoms with Gasteiger partial charge in [0.25, 0.3) is 0 Å². The van der Waals surface area contributed by atoms with Crippen molar-refractivity contribution >= 4 is 0 Å². The lowest BCUT2D eigenvalue weighted by molar-refractivity contribution is -0.0989. The molecule has 2 saturated carbocycles. The lowest BCUT2D eigenvalue weighted by atomic mass is 9.65. The molecule has 0 aromatic carbocycles. The third kappa shape index (κ3) is 2.43. The van der Waals surface area contributed by atoms with Crippen molar-refractivity contribution in [2.24, 2.45) is 11.8 Å². The highest BCUT2D eigenvalue weighted by Gasteiger charge is 2.46. The van der Waals surface area contributed by atoms with Gasteiger partial charge in [0.15, 0.2) is 0 Å². The maximum Gasteiger partial charge on any atom is 0.0827 e. The molecule has 2 aliphatic rings. The van der Waals surface area contributed by atoms with Crippen LogP contribution >= 0.6 is 0 Å². The second-order valence-corrected chi connectivity index (χ2v) is 6.22. The number of fused-ring (bicyclic) bond motifs is 1. The van der Waals surface area contributed by atoms with Gasteiger partial charge in [0.1, 0.15) is 0 Å². The Morgan fingerprint density at radius 3 is 2.69 bits per heavy atom. The summed E-state index contributed by atoms with van der Waals surface area (Å²) in [5, 5.41) is 14.5. The zero-order valence-electron chi connectivity index (χ0n) is 10.8. The summed E-state index contributed by atoms with van der Waals surface area (Å²) in [7, 11) is 0. The van der Waals surface area contributed by atoms with Crippen molar-refractivity contribution in [1.82, 2.24) is 5.32 Å². The van der Waals surface area contributed by atoms with Crippen LogP contribution in [0.4, 0.5) is 0 Å². The molecule has 0 amide bonds. The van der Waals surface area contributed by atoms with E-state index in [0.717, 1.165) is 13.0 Å². The number of hydrogen-bond acceptors (Lipinski definition) is 2. The van der Waals surface area contributed by atoms with Gasteiger partial charge in [-0.15, -0.1) is 0 Å². The summed E-state index contributed by atoms with van der Waals surface area (Å²) in [6.07, 6.45) is 8.51. The minimum atomic E-state index is -0.384. The van der Waals surface area contributed by atoms with E-state index in [1.807, 2.05) is 0 Å². The van der Waals surface area contributed by atoms with E-state index in [1.165, 1.54) is 38.5 Å². The third-order valence-corrected chi connectivity index (χ3v) is 4.51. The second kappa shape index (κ2) is 5.05. The Labute approximate surface area is 99.8 Å². The van der Waals surface area contributed by atoms with Gasteiger partial charge in [0.05, 0.1) is 5.60 Å². The van der Waals surface area contributed by atoms with E-state index in [9.17, 15) is 5.11 Å². The molecule has 2 nitrogen and oxygen atoms in total. The highest BCUT2D eigenvalue weighted by atomic mass is 16.3. The van der Waals surface area contributed by atoms with Gasteiger partial charge in [-0.05, 0) is 44.1 Å². The van der Waals surface area contributed by atoms with Gasteiger partial charge >= 0.3 is 0 Å². The van der Waals surface area contributed by atoms with Crippen molar-refractivity contribution in [3.63, 3.8) is 0 Å². The van der Waals surface area contributed by atoms with Gasteiger partial charge in [-0.1, -0.05) is 33.1 Å². The summed E-state index contributed by atoms with van der Waals surface area (Å²) >= 11 is 0. The van der Waals surface area contributed by atoms with Crippen molar-refractivity contribution in [3.8, 4) is 0 Å². The quantitative estimate of drug-likeness (QED) is 0.774. The summed E-state index contributed by atoms with van der Waals surface area (Å²) in [5.41, 5.74) is -0.384. The van der Waals surface area contributed by atoms with Gasteiger partial charge < -0.3 is 10.4 Å². The molecule has 2 N–H and O–H groups in total. The highest BCUT2D eigenvalue weighted by molar-refractivity contribution is 5.01. The molecule has 0 heterocycles. The Morgan fingerprint density at radius 2 is 1.94 bits per heavy atom. The predicted octanol–water partition coefficient (Wildman–Crippen LogP) is 2.71. The van der Waals surface area contributed by atoms with Crippen LogP contribution in [0.15, 0.2) is 0 Å². The molecule has 0 aromatic rings. The van der Waals surface area contributed by atoms with Crippen LogP contribution in [0.1, 0.15) is 58.8 Å². The van der Waals surface area contributed by atoms with Crippen molar-refractivity contribution in [3.05, 3.63) is 0 Å². The fourth-order valence-corrected chi connectivity index (χ4v) is 3.58.